The molecule has 80 valence electrons. The molecule has 0 saturated heterocycles. The van der Waals surface area contributed by atoms with Crippen LogP contribution in [-0.4, -0.2) is 9.78 Å². The molecule has 1 aromatic heterocycles. The second-order valence-electron chi connectivity index (χ2n) is 3.41. The van der Waals surface area contributed by atoms with Crippen LogP contribution in [0.5, 0.6) is 0 Å². The molecule has 0 fully saturated rings. The maximum Gasteiger partial charge on any atom is 0.0493 e. The van der Waals surface area contributed by atoms with Crippen LogP contribution < -0.4 is 0 Å². The SMILES string of the molecule is C/C=C(/C=C\n1cccn1)c1ccccc1. The molecule has 0 spiro atoms. The predicted octanol–water partition coefficient (Wildman–Crippen LogP) is 3.46. The number of rotatable bonds is 3. The van der Waals surface area contributed by atoms with Gasteiger partial charge in [-0.15, -0.1) is 0 Å². The van der Waals surface area contributed by atoms with Crippen molar-refractivity contribution in [3.63, 3.8) is 0 Å². The summed E-state index contributed by atoms with van der Waals surface area (Å²) in [4.78, 5) is 0. The van der Waals surface area contributed by atoms with Gasteiger partial charge in [-0.3, -0.25) is 0 Å². The molecule has 0 aliphatic heterocycles. The molecule has 16 heavy (non-hydrogen) atoms. The third-order valence-corrected chi connectivity index (χ3v) is 2.35. The summed E-state index contributed by atoms with van der Waals surface area (Å²) in [5.74, 6) is 0. The number of hydrogen-bond donors (Lipinski definition) is 0. The summed E-state index contributed by atoms with van der Waals surface area (Å²) in [5.41, 5.74) is 2.41. The van der Waals surface area contributed by atoms with Crippen molar-refractivity contribution >= 4 is 11.8 Å². The number of aromatic nitrogens is 2. The Bertz CT molecular complexity index is 479. The van der Waals surface area contributed by atoms with Gasteiger partial charge in [0.05, 0.1) is 0 Å². The Morgan fingerprint density at radius 1 is 1.19 bits per heavy atom. The summed E-state index contributed by atoms with van der Waals surface area (Å²) in [6.45, 7) is 2.04. The lowest BCUT2D eigenvalue weighted by Gasteiger charge is -2.00. The van der Waals surface area contributed by atoms with Crippen molar-refractivity contribution in [2.45, 2.75) is 6.92 Å². The molecular weight excluding hydrogens is 196 g/mol. The van der Waals surface area contributed by atoms with Gasteiger partial charge in [0.15, 0.2) is 0 Å². The zero-order valence-corrected chi connectivity index (χ0v) is 9.25. The van der Waals surface area contributed by atoms with Crippen molar-refractivity contribution in [3.8, 4) is 0 Å². The standard InChI is InChI=1S/C14H14N2/c1-2-13(14-7-4-3-5-8-14)9-12-16-11-6-10-15-16/h2-12H,1H3/b12-9-,13-2-. The molecule has 2 heteroatoms. The lowest BCUT2D eigenvalue weighted by molar-refractivity contribution is 0.935. The first-order chi connectivity index (χ1) is 7.90. The second-order valence-corrected chi connectivity index (χ2v) is 3.41. The number of nitrogens with zero attached hydrogens (tertiary/aromatic N) is 2. The van der Waals surface area contributed by atoms with E-state index in [9.17, 15) is 0 Å². The first-order valence-corrected chi connectivity index (χ1v) is 5.29. The van der Waals surface area contributed by atoms with Gasteiger partial charge in [0.25, 0.3) is 0 Å². The van der Waals surface area contributed by atoms with Crippen molar-refractivity contribution in [1.29, 1.82) is 0 Å². The van der Waals surface area contributed by atoms with Crippen LogP contribution in [0.15, 0.2) is 60.9 Å². The van der Waals surface area contributed by atoms with Gasteiger partial charge in [0, 0.05) is 18.6 Å². The highest BCUT2D eigenvalue weighted by atomic mass is 15.2. The Morgan fingerprint density at radius 2 is 2.00 bits per heavy atom. The minimum Gasteiger partial charge on any atom is -0.248 e. The number of hydrogen-bond acceptors (Lipinski definition) is 1. The second kappa shape index (κ2) is 5.12. The van der Waals surface area contributed by atoms with E-state index in [4.69, 9.17) is 0 Å². The summed E-state index contributed by atoms with van der Waals surface area (Å²) in [5, 5.41) is 4.12. The normalized spacial score (nSPS) is 12.2. The number of allylic oxidation sites excluding steroid dienone is 3. The Labute approximate surface area is 95.5 Å². The summed E-state index contributed by atoms with van der Waals surface area (Å²) in [6, 6.07) is 12.2. The summed E-state index contributed by atoms with van der Waals surface area (Å²) in [7, 11) is 0. The maximum absolute atomic E-state index is 4.12. The van der Waals surface area contributed by atoms with E-state index in [-0.39, 0.29) is 0 Å². The van der Waals surface area contributed by atoms with Crippen molar-refractivity contribution in [3.05, 3.63) is 66.5 Å². The van der Waals surface area contributed by atoms with Crippen LogP contribution in [0.4, 0.5) is 0 Å². The van der Waals surface area contributed by atoms with Crippen molar-refractivity contribution in [2.24, 2.45) is 0 Å². The Hall–Kier alpha value is -2.09. The quantitative estimate of drug-likeness (QED) is 0.709. The van der Waals surface area contributed by atoms with Crippen molar-refractivity contribution < 1.29 is 0 Å². The molecule has 0 aliphatic carbocycles. The molecule has 2 nitrogen and oxygen atoms in total. The smallest absolute Gasteiger partial charge is 0.0493 e. The first-order valence-electron chi connectivity index (χ1n) is 5.29. The first kappa shape index (κ1) is 10.4. The molecule has 0 atom stereocenters. The van der Waals surface area contributed by atoms with Crippen LogP contribution in [-0.2, 0) is 0 Å². The van der Waals surface area contributed by atoms with Gasteiger partial charge >= 0.3 is 0 Å². The van der Waals surface area contributed by atoms with E-state index in [1.54, 1.807) is 10.9 Å². The minimum absolute atomic E-state index is 1.19. The highest BCUT2D eigenvalue weighted by Gasteiger charge is 1.94. The molecule has 1 aromatic carbocycles. The highest BCUT2D eigenvalue weighted by molar-refractivity contribution is 5.76. The molecule has 0 aliphatic rings. The lowest BCUT2D eigenvalue weighted by atomic mass is 10.1. The van der Waals surface area contributed by atoms with Gasteiger partial charge in [-0.05, 0) is 30.2 Å². The average Bonchev–Trinajstić information content (AvgIpc) is 2.84. The van der Waals surface area contributed by atoms with Gasteiger partial charge in [-0.2, -0.15) is 5.10 Å². The molecular formula is C14H14N2. The third-order valence-electron chi connectivity index (χ3n) is 2.35. The molecule has 0 radical (unpaired) electrons. The minimum atomic E-state index is 1.19. The van der Waals surface area contributed by atoms with E-state index in [2.05, 4.69) is 29.4 Å². The average molecular weight is 210 g/mol. The van der Waals surface area contributed by atoms with Crippen LogP contribution in [0, 0.1) is 0 Å². The van der Waals surface area contributed by atoms with Gasteiger partial charge in [0.2, 0.25) is 0 Å². The van der Waals surface area contributed by atoms with Crippen LogP contribution >= 0.6 is 0 Å². The molecule has 2 rings (SSSR count). The highest BCUT2D eigenvalue weighted by Crippen LogP contribution is 2.15. The van der Waals surface area contributed by atoms with E-state index < -0.39 is 0 Å². The third kappa shape index (κ3) is 2.48. The van der Waals surface area contributed by atoms with Gasteiger partial charge < -0.3 is 0 Å². The maximum atomic E-state index is 4.12. The molecule has 2 aromatic rings. The predicted molar refractivity (Wildman–Crippen MR) is 67.7 cm³/mol. The lowest BCUT2D eigenvalue weighted by Crippen LogP contribution is -1.86. The van der Waals surface area contributed by atoms with E-state index >= 15 is 0 Å². The van der Waals surface area contributed by atoms with Gasteiger partial charge in [-0.1, -0.05) is 36.4 Å². The molecule has 0 amide bonds. The molecule has 0 bridgehead atoms. The van der Waals surface area contributed by atoms with Gasteiger partial charge in [-0.25, -0.2) is 4.68 Å². The van der Waals surface area contributed by atoms with Crippen molar-refractivity contribution in [1.82, 2.24) is 9.78 Å². The fourth-order valence-corrected chi connectivity index (χ4v) is 1.52. The van der Waals surface area contributed by atoms with E-state index in [1.165, 1.54) is 11.1 Å². The Kier molecular flexibility index (Phi) is 3.34. The topological polar surface area (TPSA) is 17.8 Å². The molecule has 0 unspecified atom stereocenters. The molecule has 0 saturated carbocycles. The van der Waals surface area contributed by atoms with Crippen LogP contribution in [0.25, 0.3) is 11.8 Å². The molecule has 0 N–H and O–H groups in total. The Morgan fingerprint density at radius 3 is 2.62 bits per heavy atom. The summed E-state index contributed by atoms with van der Waals surface area (Å²) >= 11 is 0. The monoisotopic (exact) mass is 210 g/mol. The zero-order chi connectivity index (χ0) is 11.2. The summed E-state index contributed by atoms with van der Waals surface area (Å²) < 4.78 is 1.78. The fourth-order valence-electron chi connectivity index (χ4n) is 1.52. The number of benzene rings is 1. The Balaban J connectivity index is 2.20. The van der Waals surface area contributed by atoms with Crippen LogP contribution in [0.1, 0.15) is 12.5 Å². The molecule has 1 heterocycles. The van der Waals surface area contributed by atoms with Gasteiger partial charge in [0.1, 0.15) is 0 Å². The van der Waals surface area contributed by atoms with E-state index in [0.717, 1.165) is 0 Å². The largest absolute Gasteiger partial charge is 0.248 e. The fraction of sp³-hybridized carbons (Fsp3) is 0.0714. The van der Waals surface area contributed by atoms with Crippen molar-refractivity contribution in [2.75, 3.05) is 0 Å². The zero-order valence-electron chi connectivity index (χ0n) is 9.25. The van der Waals surface area contributed by atoms with Crippen LogP contribution in [0.3, 0.4) is 0 Å². The summed E-state index contributed by atoms with van der Waals surface area (Å²) in [6.07, 6.45) is 9.77. The van der Waals surface area contributed by atoms with Crippen LogP contribution in [0.2, 0.25) is 0 Å². The van der Waals surface area contributed by atoms with E-state index in [0.29, 0.717) is 0 Å². The van der Waals surface area contributed by atoms with E-state index in [1.807, 2.05) is 43.6 Å².